The summed E-state index contributed by atoms with van der Waals surface area (Å²) in [5, 5.41) is 13.2. The molecule has 0 aliphatic carbocycles. The first-order valence-corrected chi connectivity index (χ1v) is 11.0. The number of alkyl halides is 3. The summed E-state index contributed by atoms with van der Waals surface area (Å²) >= 11 is 0. The number of hydrogen-bond acceptors (Lipinski definition) is 6. The van der Waals surface area contributed by atoms with Crippen LogP contribution in [0.2, 0.25) is 0 Å². The summed E-state index contributed by atoms with van der Waals surface area (Å²) in [7, 11) is -3.51. The van der Waals surface area contributed by atoms with Crippen LogP contribution in [0.15, 0.2) is 23.2 Å². The summed E-state index contributed by atoms with van der Waals surface area (Å²) in [5.74, 6) is 0.0581. The smallest absolute Gasteiger partial charge is 0.355 e. The fourth-order valence-electron chi connectivity index (χ4n) is 3.34. The third kappa shape index (κ3) is 4.53. The number of rotatable bonds is 3. The number of aromatic nitrogens is 3. The average molecular weight is 427 g/mol. The van der Waals surface area contributed by atoms with Gasteiger partial charge in [-0.1, -0.05) is 19.3 Å². The van der Waals surface area contributed by atoms with Crippen molar-refractivity contribution in [1.82, 2.24) is 14.8 Å². The van der Waals surface area contributed by atoms with E-state index in [9.17, 15) is 26.9 Å². The van der Waals surface area contributed by atoms with Crippen molar-refractivity contribution in [3.63, 3.8) is 0 Å². The molecule has 2 aromatic rings. The quantitative estimate of drug-likeness (QED) is 0.746. The fourth-order valence-corrected chi connectivity index (χ4v) is 3.90. The molecule has 156 valence electrons. The first kappa shape index (κ1) is 21.1. The van der Waals surface area contributed by atoms with Crippen molar-refractivity contribution in [1.29, 1.82) is 5.26 Å². The second-order valence-corrected chi connectivity index (χ2v) is 8.96. The first-order chi connectivity index (χ1) is 13.6. The van der Waals surface area contributed by atoms with Crippen molar-refractivity contribution in [2.75, 3.05) is 24.2 Å². The Hall–Kier alpha value is -2.61. The van der Waals surface area contributed by atoms with E-state index < -0.39 is 27.3 Å². The highest BCUT2D eigenvalue weighted by Crippen LogP contribution is 2.37. The minimum Gasteiger partial charge on any atom is -0.355 e. The minimum atomic E-state index is -4.81. The first-order valence-electron chi connectivity index (χ1n) is 9.14. The van der Waals surface area contributed by atoms with Crippen molar-refractivity contribution in [3.8, 4) is 11.9 Å². The Morgan fingerprint density at radius 2 is 1.72 bits per heavy atom. The molecule has 3 heterocycles. The summed E-state index contributed by atoms with van der Waals surface area (Å²) in [5.41, 5.74) is -1.82. The van der Waals surface area contributed by atoms with Gasteiger partial charge in [0, 0.05) is 25.5 Å². The van der Waals surface area contributed by atoms with E-state index in [2.05, 4.69) is 10.1 Å². The minimum absolute atomic E-state index is 0.0152. The highest BCUT2D eigenvalue weighted by molar-refractivity contribution is 7.90. The van der Waals surface area contributed by atoms with Crippen LogP contribution in [-0.4, -0.2) is 42.5 Å². The maximum Gasteiger partial charge on any atom is 0.436 e. The number of nitriles is 1. The van der Waals surface area contributed by atoms with Gasteiger partial charge in [0.1, 0.15) is 11.6 Å². The van der Waals surface area contributed by atoms with Gasteiger partial charge in [-0.3, -0.25) is 0 Å². The topological polar surface area (TPSA) is 91.9 Å². The number of pyridine rings is 1. The molecular weight excluding hydrogens is 407 g/mol. The van der Waals surface area contributed by atoms with Gasteiger partial charge in [0.2, 0.25) is 0 Å². The van der Waals surface area contributed by atoms with Gasteiger partial charge in [0.25, 0.3) is 0 Å². The molecule has 29 heavy (non-hydrogen) atoms. The van der Waals surface area contributed by atoms with Gasteiger partial charge in [-0.05, 0) is 25.0 Å². The molecule has 1 aliphatic heterocycles. The van der Waals surface area contributed by atoms with Crippen LogP contribution in [-0.2, 0) is 16.0 Å². The van der Waals surface area contributed by atoms with Gasteiger partial charge in [0.15, 0.2) is 27.2 Å². The number of halogens is 3. The van der Waals surface area contributed by atoms with Crippen molar-refractivity contribution >= 4 is 15.7 Å². The normalized spacial score (nSPS) is 16.2. The van der Waals surface area contributed by atoms with Crippen LogP contribution in [0.3, 0.4) is 0 Å². The molecule has 0 atom stereocenters. The summed E-state index contributed by atoms with van der Waals surface area (Å²) in [4.78, 5) is 5.69. The molecule has 0 aromatic carbocycles. The lowest BCUT2D eigenvalue weighted by molar-refractivity contribution is -0.141. The van der Waals surface area contributed by atoms with E-state index in [4.69, 9.17) is 0 Å². The van der Waals surface area contributed by atoms with E-state index in [-0.39, 0.29) is 16.5 Å². The molecule has 0 saturated carbocycles. The lowest BCUT2D eigenvalue weighted by Gasteiger charge is -2.27. The van der Waals surface area contributed by atoms with E-state index in [1.165, 1.54) is 12.1 Å². The SMILES string of the molecule is CS(=O)(=O)c1ccc(-n2nc(C(F)(F)F)c(C#N)c2N2CCCCCCC2)nc1. The molecule has 0 unspecified atom stereocenters. The van der Waals surface area contributed by atoms with Crippen molar-refractivity contribution in [2.45, 2.75) is 43.2 Å². The molecule has 0 spiro atoms. The molecule has 7 nitrogen and oxygen atoms in total. The third-order valence-corrected chi connectivity index (χ3v) is 5.86. The van der Waals surface area contributed by atoms with Crippen LogP contribution in [0.5, 0.6) is 0 Å². The molecule has 0 radical (unpaired) electrons. The second-order valence-electron chi connectivity index (χ2n) is 6.95. The number of nitrogens with zero attached hydrogens (tertiary/aromatic N) is 5. The Labute approximate surface area is 166 Å². The highest BCUT2D eigenvalue weighted by Gasteiger charge is 2.41. The van der Waals surface area contributed by atoms with Crippen LogP contribution < -0.4 is 4.90 Å². The highest BCUT2D eigenvalue weighted by atomic mass is 32.2. The average Bonchev–Trinajstić information content (AvgIpc) is 3.01. The Balaban J connectivity index is 2.17. The Bertz CT molecular complexity index is 1020. The number of sulfone groups is 1. The van der Waals surface area contributed by atoms with Crippen LogP contribution in [0.25, 0.3) is 5.82 Å². The van der Waals surface area contributed by atoms with E-state index in [1.54, 1.807) is 11.0 Å². The van der Waals surface area contributed by atoms with Crippen LogP contribution >= 0.6 is 0 Å². The van der Waals surface area contributed by atoms with Gasteiger partial charge >= 0.3 is 6.18 Å². The Kier molecular flexibility index (Phi) is 5.84. The summed E-state index contributed by atoms with van der Waals surface area (Å²) in [6.45, 7) is 0.998. The van der Waals surface area contributed by atoms with E-state index in [1.807, 2.05) is 0 Å². The standard InChI is InChI=1S/C18H20F3N5O2S/c1-29(27,28)13-7-8-15(23-12-13)26-17(25-9-5-3-2-4-6-10-25)14(11-22)16(24-26)18(19,20)21/h7-8,12H,2-6,9-10H2,1H3. The summed E-state index contributed by atoms with van der Waals surface area (Å²) in [6.07, 6.45) is 1.85. The van der Waals surface area contributed by atoms with E-state index >= 15 is 0 Å². The lowest BCUT2D eigenvalue weighted by Crippen LogP contribution is -2.30. The van der Waals surface area contributed by atoms with Crippen molar-refractivity contribution in [3.05, 3.63) is 29.6 Å². The Morgan fingerprint density at radius 1 is 1.10 bits per heavy atom. The molecule has 11 heteroatoms. The van der Waals surface area contributed by atoms with Crippen LogP contribution in [0, 0.1) is 11.3 Å². The molecule has 0 N–H and O–H groups in total. The maximum absolute atomic E-state index is 13.5. The van der Waals surface area contributed by atoms with Gasteiger partial charge in [-0.2, -0.15) is 28.2 Å². The fraction of sp³-hybridized carbons (Fsp3) is 0.500. The van der Waals surface area contributed by atoms with Crippen molar-refractivity contribution in [2.24, 2.45) is 0 Å². The molecule has 2 aromatic heterocycles. The summed E-state index contributed by atoms with van der Waals surface area (Å²) < 4.78 is 64.9. The monoisotopic (exact) mass is 427 g/mol. The van der Waals surface area contributed by atoms with Crippen molar-refractivity contribution < 1.29 is 21.6 Å². The third-order valence-electron chi connectivity index (χ3n) is 4.76. The predicted molar refractivity (Wildman–Crippen MR) is 99.5 cm³/mol. The molecule has 3 rings (SSSR count). The van der Waals surface area contributed by atoms with Gasteiger partial charge < -0.3 is 4.90 Å². The molecule has 1 saturated heterocycles. The van der Waals surface area contributed by atoms with Gasteiger partial charge in [0.05, 0.1) is 4.90 Å². The molecule has 1 aliphatic rings. The largest absolute Gasteiger partial charge is 0.436 e. The molecule has 0 bridgehead atoms. The van der Waals surface area contributed by atoms with Gasteiger partial charge in [-0.25, -0.2) is 13.4 Å². The lowest BCUT2D eigenvalue weighted by atomic mass is 10.1. The molecule has 1 fully saturated rings. The zero-order valence-corrected chi connectivity index (χ0v) is 16.6. The number of hydrogen-bond donors (Lipinski definition) is 0. The van der Waals surface area contributed by atoms with Crippen LogP contribution in [0.1, 0.15) is 43.4 Å². The van der Waals surface area contributed by atoms with Gasteiger partial charge in [-0.15, -0.1) is 0 Å². The van der Waals surface area contributed by atoms with E-state index in [0.717, 1.165) is 49.2 Å². The number of anilines is 1. The Morgan fingerprint density at radius 3 is 2.21 bits per heavy atom. The zero-order chi connectivity index (χ0) is 21.2. The second kappa shape index (κ2) is 8.02. The molecule has 0 amide bonds. The van der Waals surface area contributed by atoms with Crippen LogP contribution in [0.4, 0.5) is 19.0 Å². The molecular formula is C18H20F3N5O2S. The maximum atomic E-state index is 13.5. The van der Waals surface area contributed by atoms with E-state index in [0.29, 0.717) is 13.1 Å². The predicted octanol–water partition coefficient (Wildman–Crippen LogP) is 3.33. The zero-order valence-electron chi connectivity index (χ0n) is 15.8. The summed E-state index contributed by atoms with van der Waals surface area (Å²) in [6, 6.07) is 4.21.